The minimum atomic E-state index is -0.487. The molecule has 88 valence electrons. The SMILES string of the molecule is NCc1ccc(C(=O)Nc2ncccc2O)o1. The molecule has 1 amide bonds. The number of aromatic nitrogens is 1. The van der Waals surface area contributed by atoms with Gasteiger partial charge >= 0.3 is 0 Å². The van der Waals surface area contributed by atoms with Crippen LogP contribution in [0.3, 0.4) is 0 Å². The quantitative estimate of drug-likeness (QED) is 0.736. The van der Waals surface area contributed by atoms with E-state index in [1.165, 1.54) is 18.3 Å². The lowest BCUT2D eigenvalue weighted by atomic mass is 10.4. The number of rotatable bonds is 3. The van der Waals surface area contributed by atoms with Crippen LogP contribution < -0.4 is 11.1 Å². The first-order chi connectivity index (χ1) is 8.20. The minimum absolute atomic E-state index is 0.0863. The molecule has 4 N–H and O–H groups in total. The van der Waals surface area contributed by atoms with Crippen molar-refractivity contribution in [3.8, 4) is 5.75 Å². The molecule has 2 aromatic heterocycles. The summed E-state index contributed by atoms with van der Waals surface area (Å²) in [4.78, 5) is 15.5. The molecule has 0 fully saturated rings. The summed E-state index contributed by atoms with van der Waals surface area (Å²) in [6, 6.07) is 6.12. The molecule has 0 saturated heterocycles. The summed E-state index contributed by atoms with van der Waals surface area (Å²) in [5.74, 6) is 0.129. The molecule has 2 heterocycles. The lowest BCUT2D eigenvalue weighted by Crippen LogP contribution is -2.12. The summed E-state index contributed by atoms with van der Waals surface area (Å²) >= 11 is 0. The molecular weight excluding hydrogens is 222 g/mol. The van der Waals surface area contributed by atoms with Crippen molar-refractivity contribution in [2.75, 3.05) is 5.32 Å². The summed E-state index contributed by atoms with van der Waals surface area (Å²) in [5, 5.41) is 11.9. The summed E-state index contributed by atoms with van der Waals surface area (Å²) < 4.78 is 5.16. The van der Waals surface area contributed by atoms with Crippen LogP contribution in [0.5, 0.6) is 5.75 Å². The molecule has 0 aromatic carbocycles. The van der Waals surface area contributed by atoms with Crippen molar-refractivity contribution in [3.05, 3.63) is 42.0 Å². The van der Waals surface area contributed by atoms with E-state index in [0.717, 1.165) is 0 Å². The van der Waals surface area contributed by atoms with Crippen LogP contribution in [-0.2, 0) is 6.54 Å². The molecule has 6 nitrogen and oxygen atoms in total. The second kappa shape index (κ2) is 4.67. The third-order valence-electron chi connectivity index (χ3n) is 2.10. The molecule has 0 spiro atoms. The normalized spacial score (nSPS) is 10.2. The van der Waals surface area contributed by atoms with Gasteiger partial charge in [0.15, 0.2) is 17.3 Å². The van der Waals surface area contributed by atoms with Crippen LogP contribution in [0.15, 0.2) is 34.9 Å². The molecular formula is C11H11N3O3. The number of anilines is 1. The second-order valence-electron chi connectivity index (χ2n) is 3.30. The van der Waals surface area contributed by atoms with Crippen LogP contribution in [0, 0.1) is 0 Å². The molecule has 0 atom stereocenters. The number of nitrogens with zero attached hydrogens (tertiary/aromatic N) is 1. The zero-order valence-electron chi connectivity index (χ0n) is 8.88. The Balaban J connectivity index is 2.14. The highest BCUT2D eigenvalue weighted by Crippen LogP contribution is 2.19. The second-order valence-corrected chi connectivity index (χ2v) is 3.30. The number of hydrogen-bond acceptors (Lipinski definition) is 5. The van der Waals surface area contributed by atoms with Crippen molar-refractivity contribution in [3.63, 3.8) is 0 Å². The molecule has 0 aliphatic rings. The van der Waals surface area contributed by atoms with Crippen LogP contribution in [0.1, 0.15) is 16.3 Å². The third-order valence-corrected chi connectivity index (χ3v) is 2.10. The van der Waals surface area contributed by atoms with Gasteiger partial charge in [0.1, 0.15) is 5.76 Å². The Morgan fingerprint density at radius 2 is 2.29 bits per heavy atom. The van der Waals surface area contributed by atoms with E-state index in [-0.39, 0.29) is 23.9 Å². The average Bonchev–Trinajstić information content (AvgIpc) is 2.81. The zero-order chi connectivity index (χ0) is 12.3. The number of carbonyl (C=O) groups is 1. The van der Waals surface area contributed by atoms with Crippen LogP contribution in [0.4, 0.5) is 5.82 Å². The number of aromatic hydroxyl groups is 1. The van der Waals surface area contributed by atoms with E-state index in [4.69, 9.17) is 10.2 Å². The van der Waals surface area contributed by atoms with Gasteiger partial charge < -0.3 is 20.6 Å². The Morgan fingerprint density at radius 3 is 2.94 bits per heavy atom. The number of nitrogens with one attached hydrogen (secondary N) is 1. The lowest BCUT2D eigenvalue weighted by Gasteiger charge is -2.03. The van der Waals surface area contributed by atoms with Crippen molar-refractivity contribution in [1.29, 1.82) is 0 Å². The van der Waals surface area contributed by atoms with E-state index < -0.39 is 5.91 Å². The van der Waals surface area contributed by atoms with E-state index in [2.05, 4.69) is 10.3 Å². The molecule has 0 saturated carbocycles. The fourth-order valence-corrected chi connectivity index (χ4v) is 1.27. The Hall–Kier alpha value is -2.34. The van der Waals surface area contributed by atoms with Gasteiger partial charge in [-0.05, 0) is 24.3 Å². The van der Waals surface area contributed by atoms with Crippen molar-refractivity contribution >= 4 is 11.7 Å². The maximum Gasteiger partial charge on any atom is 0.292 e. The Bertz CT molecular complexity index is 536. The van der Waals surface area contributed by atoms with Gasteiger partial charge in [-0.1, -0.05) is 0 Å². The molecule has 0 bridgehead atoms. The summed E-state index contributed by atoms with van der Waals surface area (Å²) in [6.07, 6.45) is 1.46. The molecule has 0 aliphatic carbocycles. The van der Waals surface area contributed by atoms with E-state index in [1.807, 2.05) is 0 Å². The molecule has 17 heavy (non-hydrogen) atoms. The smallest absolute Gasteiger partial charge is 0.292 e. The highest BCUT2D eigenvalue weighted by molar-refractivity contribution is 6.02. The van der Waals surface area contributed by atoms with Crippen molar-refractivity contribution in [1.82, 2.24) is 4.98 Å². The number of pyridine rings is 1. The molecule has 0 aliphatic heterocycles. The number of amides is 1. The van der Waals surface area contributed by atoms with Crippen molar-refractivity contribution in [2.45, 2.75) is 6.54 Å². The third kappa shape index (κ3) is 2.43. The van der Waals surface area contributed by atoms with Crippen LogP contribution in [0.2, 0.25) is 0 Å². The molecule has 2 aromatic rings. The fourth-order valence-electron chi connectivity index (χ4n) is 1.27. The predicted molar refractivity (Wildman–Crippen MR) is 60.5 cm³/mol. The first-order valence-corrected chi connectivity index (χ1v) is 4.95. The maximum absolute atomic E-state index is 11.7. The minimum Gasteiger partial charge on any atom is -0.504 e. The van der Waals surface area contributed by atoms with Crippen LogP contribution in [0.25, 0.3) is 0 Å². The van der Waals surface area contributed by atoms with Gasteiger partial charge in [-0.25, -0.2) is 4.98 Å². The van der Waals surface area contributed by atoms with Crippen molar-refractivity contribution in [2.24, 2.45) is 5.73 Å². The largest absolute Gasteiger partial charge is 0.504 e. The van der Waals surface area contributed by atoms with Gasteiger partial charge in [0.25, 0.3) is 5.91 Å². The average molecular weight is 233 g/mol. The highest BCUT2D eigenvalue weighted by Gasteiger charge is 2.13. The predicted octanol–water partition coefficient (Wildman–Crippen LogP) is 1.09. The monoisotopic (exact) mass is 233 g/mol. The van der Waals surface area contributed by atoms with Crippen LogP contribution >= 0.6 is 0 Å². The molecule has 2 rings (SSSR count). The van der Waals surface area contributed by atoms with Crippen molar-refractivity contribution < 1.29 is 14.3 Å². The van der Waals surface area contributed by atoms with Gasteiger partial charge in [-0.2, -0.15) is 0 Å². The topological polar surface area (TPSA) is 101 Å². The standard InChI is InChI=1S/C11H11N3O3/c12-6-7-3-4-9(17-7)11(16)14-10-8(15)2-1-5-13-10/h1-5,15H,6,12H2,(H,13,14,16). The molecule has 0 radical (unpaired) electrons. The first-order valence-electron chi connectivity index (χ1n) is 4.95. The number of nitrogens with two attached hydrogens (primary N) is 1. The highest BCUT2D eigenvalue weighted by atomic mass is 16.4. The Morgan fingerprint density at radius 1 is 1.47 bits per heavy atom. The van der Waals surface area contributed by atoms with E-state index in [1.54, 1.807) is 12.1 Å². The maximum atomic E-state index is 11.7. The van der Waals surface area contributed by atoms with Crippen LogP contribution in [-0.4, -0.2) is 16.0 Å². The van der Waals surface area contributed by atoms with Gasteiger partial charge in [0.2, 0.25) is 0 Å². The Kier molecular flexibility index (Phi) is 3.06. The van der Waals surface area contributed by atoms with Gasteiger partial charge in [0.05, 0.1) is 6.54 Å². The van der Waals surface area contributed by atoms with E-state index >= 15 is 0 Å². The fraction of sp³-hybridized carbons (Fsp3) is 0.0909. The summed E-state index contributed by atoms with van der Waals surface area (Å²) in [6.45, 7) is 0.224. The number of hydrogen-bond donors (Lipinski definition) is 3. The Labute approximate surface area is 97.1 Å². The summed E-state index contributed by atoms with van der Waals surface area (Å²) in [7, 11) is 0. The summed E-state index contributed by atoms with van der Waals surface area (Å²) in [5.41, 5.74) is 5.36. The van der Waals surface area contributed by atoms with E-state index in [0.29, 0.717) is 5.76 Å². The number of carbonyl (C=O) groups excluding carboxylic acids is 1. The molecule has 6 heteroatoms. The van der Waals surface area contributed by atoms with Gasteiger partial charge in [-0.15, -0.1) is 0 Å². The van der Waals surface area contributed by atoms with E-state index in [9.17, 15) is 9.90 Å². The van der Waals surface area contributed by atoms with Gasteiger partial charge in [0, 0.05) is 6.20 Å². The zero-order valence-corrected chi connectivity index (χ0v) is 8.88. The molecule has 0 unspecified atom stereocenters. The van der Waals surface area contributed by atoms with Gasteiger partial charge in [-0.3, -0.25) is 4.79 Å². The number of furan rings is 1. The first kappa shape index (κ1) is 11.2. The lowest BCUT2D eigenvalue weighted by molar-refractivity contribution is 0.0994.